The lowest BCUT2D eigenvalue weighted by atomic mass is 9.91. The quantitative estimate of drug-likeness (QED) is 0.647. The van der Waals surface area contributed by atoms with E-state index in [2.05, 4.69) is 5.32 Å². The number of carbonyl (C=O) groups excluding carboxylic acids is 1. The first-order valence-electron chi connectivity index (χ1n) is 9.60. The van der Waals surface area contributed by atoms with Gasteiger partial charge < -0.3 is 20.4 Å². The molecule has 144 valence electrons. The molecule has 1 unspecified atom stereocenters. The van der Waals surface area contributed by atoms with Crippen LogP contribution in [0.3, 0.4) is 0 Å². The second-order valence-electron chi connectivity index (χ2n) is 7.81. The van der Waals surface area contributed by atoms with Crippen LogP contribution in [0.5, 0.6) is 0 Å². The maximum absolute atomic E-state index is 13.9. The van der Waals surface area contributed by atoms with Gasteiger partial charge in [-0.15, -0.1) is 0 Å². The molecule has 1 saturated carbocycles. The molecule has 0 bridgehead atoms. The van der Waals surface area contributed by atoms with Crippen molar-refractivity contribution in [3.05, 3.63) is 35.6 Å². The van der Waals surface area contributed by atoms with Crippen LogP contribution in [0.15, 0.2) is 24.3 Å². The van der Waals surface area contributed by atoms with Crippen molar-refractivity contribution in [2.24, 2.45) is 0 Å². The van der Waals surface area contributed by atoms with Gasteiger partial charge in [0.1, 0.15) is 5.82 Å². The number of nitrogens with one attached hydrogen (secondary N) is 1. The number of aliphatic hydroxyl groups is 2. The van der Waals surface area contributed by atoms with E-state index >= 15 is 0 Å². The Morgan fingerprint density at radius 2 is 1.85 bits per heavy atom. The molecule has 1 aliphatic heterocycles. The summed E-state index contributed by atoms with van der Waals surface area (Å²) in [6, 6.07) is 6.41. The summed E-state index contributed by atoms with van der Waals surface area (Å²) in [5.74, 6) is -0.684. The molecule has 0 spiro atoms. The summed E-state index contributed by atoms with van der Waals surface area (Å²) in [7, 11) is 0. The Kier molecular flexibility index (Phi) is 5.95. The molecule has 1 aromatic carbocycles. The lowest BCUT2D eigenvalue weighted by Crippen LogP contribution is -2.58. The molecule has 2 fully saturated rings. The van der Waals surface area contributed by atoms with Crippen LogP contribution in [0.1, 0.15) is 50.5 Å². The fraction of sp³-hybridized carbons (Fsp3) is 0.650. The predicted octanol–water partition coefficient (Wildman–Crippen LogP) is 1.96. The van der Waals surface area contributed by atoms with E-state index in [1.807, 2.05) is 0 Å². The molecule has 0 aromatic heterocycles. The van der Waals surface area contributed by atoms with Crippen LogP contribution in [-0.4, -0.2) is 51.9 Å². The van der Waals surface area contributed by atoms with Crippen LogP contribution in [0.25, 0.3) is 0 Å². The largest absolute Gasteiger partial charge is 0.390 e. The molecule has 5 nitrogen and oxygen atoms in total. The Bertz CT molecular complexity index is 633. The lowest BCUT2D eigenvalue weighted by molar-refractivity contribution is -0.157. The zero-order valence-corrected chi connectivity index (χ0v) is 15.2. The summed E-state index contributed by atoms with van der Waals surface area (Å²) in [5.41, 5.74) is -1.59. The fourth-order valence-corrected chi connectivity index (χ4v) is 4.11. The van der Waals surface area contributed by atoms with Gasteiger partial charge in [-0.25, -0.2) is 4.39 Å². The molecular formula is C20H29FN2O3. The third-order valence-electron chi connectivity index (χ3n) is 5.74. The molecule has 1 saturated heterocycles. The Morgan fingerprint density at radius 3 is 2.58 bits per heavy atom. The number of hydrogen-bond donors (Lipinski definition) is 3. The SMILES string of the molecule is O=C1N(Cc2ccccc2F)CCCC1(O)CNCCC1(O)CCCC1. The number of nitrogens with zero attached hydrogens (tertiary/aromatic N) is 1. The number of benzene rings is 1. The highest BCUT2D eigenvalue weighted by molar-refractivity contribution is 5.86. The number of rotatable bonds is 7. The van der Waals surface area contributed by atoms with Crippen LogP contribution in [0.2, 0.25) is 0 Å². The minimum Gasteiger partial charge on any atom is -0.390 e. The zero-order valence-electron chi connectivity index (χ0n) is 15.2. The summed E-state index contributed by atoms with van der Waals surface area (Å²) in [4.78, 5) is 14.3. The highest BCUT2D eigenvalue weighted by Gasteiger charge is 2.42. The van der Waals surface area contributed by atoms with Crippen molar-refractivity contribution in [1.29, 1.82) is 0 Å². The number of halogens is 1. The van der Waals surface area contributed by atoms with Crippen molar-refractivity contribution in [3.8, 4) is 0 Å². The first-order valence-corrected chi connectivity index (χ1v) is 9.60. The number of amides is 1. The minimum atomic E-state index is -1.46. The Labute approximate surface area is 154 Å². The molecule has 6 heteroatoms. The standard InChI is InChI=1S/C20H29FN2O3/c21-17-7-2-1-6-16(17)14-23-13-5-10-20(26,18(23)24)15-22-12-11-19(25)8-3-4-9-19/h1-2,6-7,22,25-26H,3-5,8-15H2. The lowest BCUT2D eigenvalue weighted by Gasteiger charge is -2.38. The van der Waals surface area contributed by atoms with Crippen molar-refractivity contribution in [2.45, 2.75) is 62.7 Å². The number of carbonyl (C=O) groups is 1. The molecule has 1 aromatic rings. The molecule has 1 atom stereocenters. The van der Waals surface area contributed by atoms with Crippen LogP contribution in [-0.2, 0) is 11.3 Å². The second-order valence-corrected chi connectivity index (χ2v) is 7.81. The first-order chi connectivity index (χ1) is 12.4. The molecule has 2 aliphatic rings. The maximum atomic E-state index is 13.9. The third kappa shape index (κ3) is 4.42. The van der Waals surface area contributed by atoms with Crippen molar-refractivity contribution < 1.29 is 19.4 Å². The monoisotopic (exact) mass is 364 g/mol. The molecule has 1 amide bonds. The minimum absolute atomic E-state index is 0.162. The van der Waals surface area contributed by atoms with Crippen molar-refractivity contribution in [3.63, 3.8) is 0 Å². The van der Waals surface area contributed by atoms with Crippen molar-refractivity contribution in [1.82, 2.24) is 10.2 Å². The van der Waals surface area contributed by atoms with Gasteiger partial charge in [-0.3, -0.25) is 4.79 Å². The van der Waals surface area contributed by atoms with Gasteiger partial charge in [0.15, 0.2) is 5.60 Å². The van der Waals surface area contributed by atoms with Gasteiger partial charge in [0.05, 0.1) is 5.60 Å². The van der Waals surface area contributed by atoms with E-state index in [1.54, 1.807) is 18.2 Å². The zero-order chi connectivity index (χ0) is 18.6. The average Bonchev–Trinajstić information content (AvgIpc) is 3.05. The Hall–Kier alpha value is -1.50. The predicted molar refractivity (Wildman–Crippen MR) is 96.9 cm³/mol. The molecular weight excluding hydrogens is 335 g/mol. The van der Waals surface area contributed by atoms with Gasteiger partial charge in [-0.1, -0.05) is 31.0 Å². The van der Waals surface area contributed by atoms with E-state index in [0.29, 0.717) is 37.9 Å². The summed E-state index contributed by atoms with van der Waals surface area (Å²) >= 11 is 0. The first kappa shape index (κ1) is 19.3. The van der Waals surface area contributed by atoms with E-state index in [-0.39, 0.29) is 24.8 Å². The third-order valence-corrected chi connectivity index (χ3v) is 5.74. The van der Waals surface area contributed by atoms with Gasteiger partial charge in [0.2, 0.25) is 0 Å². The van der Waals surface area contributed by atoms with Gasteiger partial charge in [-0.2, -0.15) is 0 Å². The Balaban J connectivity index is 1.53. The smallest absolute Gasteiger partial charge is 0.256 e. The van der Waals surface area contributed by atoms with E-state index in [1.165, 1.54) is 11.0 Å². The van der Waals surface area contributed by atoms with Crippen LogP contribution in [0.4, 0.5) is 4.39 Å². The number of likely N-dealkylation sites (tertiary alicyclic amines) is 1. The fourth-order valence-electron chi connectivity index (χ4n) is 4.11. The highest BCUT2D eigenvalue weighted by atomic mass is 19.1. The van der Waals surface area contributed by atoms with Gasteiger partial charge in [-0.05, 0) is 44.7 Å². The van der Waals surface area contributed by atoms with E-state index in [0.717, 1.165) is 25.7 Å². The van der Waals surface area contributed by atoms with Crippen molar-refractivity contribution >= 4 is 5.91 Å². The normalized spacial score (nSPS) is 25.7. The molecule has 1 aliphatic carbocycles. The van der Waals surface area contributed by atoms with E-state index < -0.39 is 11.2 Å². The van der Waals surface area contributed by atoms with Gasteiger partial charge in [0, 0.05) is 25.2 Å². The van der Waals surface area contributed by atoms with Gasteiger partial charge >= 0.3 is 0 Å². The number of piperidine rings is 1. The van der Waals surface area contributed by atoms with Crippen LogP contribution < -0.4 is 5.32 Å². The van der Waals surface area contributed by atoms with Crippen LogP contribution >= 0.6 is 0 Å². The summed E-state index contributed by atoms with van der Waals surface area (Å²) < 4.78 is 13.9. The Morgan fingerprint density at radius 1 is 1.12 bits per heavy atom. The molecule has 1 heterocycles. The van der Waals surface area contributed by atoms with E-state index in [4.69, 9.17) is 0 Å². The van der Waals surface area contributed by atoms with E-state index in [9.17, 15) is 19.4 Å². The topological polar surface area (TPSA) is 72.8 Å². The van der Waals surface area contributed by atoms with Crippen molar-refractivity contribution in [2.75, 3.05) is 19.6 Å². The molecule has 3 rings (SSSR count). The highest BCUT2D eigenvalue weighted by Crippen LogP contribution is 2.32. The number of hydrogen-bond acceptors (Lipinski definition) is 4. The maximum Gasteiger partial charge on any atom is 0.256 e. The van der Waals surface area contributed by atoms with Crippen LogP contribution in [0, 0.1) is 5.82 Å². The van der Waals surface area contributed by atoms with Gasteiger partial charge in [0.25, 0.3) is 5.91 Å². The molecule has 3 N–H and O–H groups in total. The summed E-state index contributed by atoms with van der Waals surface area (Å²) in [6.07, 6.45) is 5.49. The summed E-state index contributed by atoms with van der Waals surface area (Å²) in [6.45, 7) is 1.43. The molecule has 26 heavy (non-hydrogen) atoms. The summed E-state index contributed by atoms with van der Waals surface area (Å²) in [5, 5.41) is 24.3. The average molecular weight is 364 g/mol. The molecule has 0 radical (unpaired) electrons. The second kappa shape index (κ2) is 8.03.